The summed E-state index contributed by atoms with van der Waals surface area (Å²) in [5.41, 5.74) is 4.99. The van der Waals surface area contributed by atoms with Crippen LogP contribution in [-0.4, -0.2) is 0 Å². The van der Waals surface area contributed by atoms with Crippen molar-refractivity contribution < 1.29 is 13.9 Å². The molecule has 0 bridgehead atoms. The molecule has 5 rings (SSSR count). The highest BCUT2D eigenvalue weighted by molar-refractivity contribution is 9.10. The summed E-state index contributed by atoms with van der Waals surface area (Å²) in [6.45, 7) is 0.915. The van der Waals surface area contributed by atoms with Gasteiger partial charge in [0.05, 0.1) is 12.7 Å². The zero-order valence-corrected chi connectivity index (χ0v) is 19.0. The Kier molecular flexibility index (Phi) is 6.06. The molecule has 0 spiro atoms. The number of fused-ring (bicyclic) bond motifs is 1. The summed E-state index contributed by atoms with van der Waals surface area (Å²) in [5, 5.41) is 0. The van der Waals surface area contributed by atoms with Crippen molar-refractivity contribution in [3.63, 3.8) is 0 Å². The van der Waals surface area contributed by atoms with Gasteiger partial charge in [-0.05, 0) is 52.6 Å². The maximum Gasteiger partial charge on any atom is 0.129 e. The van der Waals surface area contributed by atoms with Crippen LogP contribution in [-0.2, 0) is 18.0 Å². The van der Waals surface area contributed by atoms with Crippen molar-refractivity contribution in [2.24, 2.45) is 0 Å². The van der Waals surface area contributed by atoms with Crippen molar-refractivity contribution in [3.8, 4) is 5.75 Å². The lowest BCUT2D eigenvalue weighted by Crippen LogP contribution is -2.23. The van der Waals surface area contributed by atoms with Crippen molar-refractivity contribution in [2.75, 3.05) is 0 Å². The van der Waals surface area contributed by atoms with Crippen molar-refractivity contribution in [2.45, 2.75) is 25.2 Å². The lowest BCUT2D eigenvalue weighted by Gasteiger charge is -2.35. The van der Waals surface area contributed by atoms with Gasteiger partial charge in [0.15, 0.2) is 0 Å². The second-order valence-corrected chi connectivity index (χ2v) is 8.83. The number of hydrogen-bond donors (Lipinski definition) is 0. The van der Waals surface area contributed by atoms with Crippen molar-refractivity contribution in [1.29, 1.82) is 0 Å². The van der Waals surface area contributed by atoms with Crippen LogP contribution >= 0.6 is 15.9 Å². The molecular weight excluding hydrogens is 467 g/mol. The summed E-state index contributed by atoms with van der Waals surface area (Å²) in [7, 11) is 0. The second-order valence-electron chi connectivity index (χ2n) is 7.92. The summed E-state index contributed by atoms with van der Waals surface area (Å²) in [6, 6.07) is 31.3. The molecule has 0 fully saturated rings. The Labute approximate surface area is 195 Å². The first-order valence-electron chi connectivity index (χ1n) is 10.6. The van der Waals surface area contributed by atoms with Gasteiger partial charge in [-0.15, -0.1) is 0 Å². The van der Waals surface area contributed by atoms with Gasteiger partial charge in [-0.25, -0.2) is 4.39 Å². The van der Waals surface area contributed by atoms with Crippen LogP contribution in [0.15, 0.2) is 102 Å². The predicted molar refractivity (Wildman–Crippen MR) is 127 cm³/mol. The van der Waals surface area contributed by atoms with Gasteiger partial charge in [-0.1, -0.05) is 82.7 Å². The van der Waals surface area contributed by atoms with E-state index >= 15 is 0 Å². The topological polar surface area (TPSA) is 18.5 Å². The molecule has 4 aromatic rings. The van der Waals surface area contributed by atoms with Gasteiger partial charge in [0.2, 0.25) is 0 Å². The van der Waals surface area contributed by atoms with Gasteiger partial charge < -0.3 is 9.47 Å². The molecule has 4 aromatic carbocycles. The minimum atomic E-state index is -0.402. The Bertz CT molecular complexity index is 1210. The van der Waals surface area contributed by atoms with E-state index in [0.29, 0.717) is 18.8 Å². The lowest BCUT2D eigenvalue weighted by molar-refractivity contribution is 0.0126. The lowest BCUT2D eigenvalue weighted by atomic mass is 9.79. The van der Waals surface area contributed by atoms with Gasteiger partial charge >= 0.3 is 0 Å². The molecule has 2 unspecified atom stereocenters. The quantitative estimate of drug-likeness (QED) is 0.288. The third-order valence-electron chi connectivity index (χ3n) is 5.86. The smallest absolute Gasteiger partial charge is 0.129 e. The Morgan fingerprint density at radius 2 is 1.59 bits per heavy atom. The third kappa shape index (κ3) is 4.34. The zero-order valence-electron chi connectivity index (χ0n) is 17.4. The molecule has 4 heteroatoms. The highest BCUT2D eigenvalue weighted by atomic mass is 79.9. The number of ether oxygens (including phenoxy) is 2. The Hall–Kier alpha value is -2.95. The summed E-state index contributed by atoms with van der Waals surface area (Å²) >= 11 is 3.51. The fourth-order valence-corrected chi connectivity index (χ4v) is 4.54. The van der Waals surface area contributed by atoms with Gasteiger partial charge in [0.1, 0.15) is 18.2 Å². The zero-order chi connectivity index (χ0) is 21.9. The van der Waals surface area contributed by atoms with Gasteiger partial charge in [0.25, 0.3) is 0 Å². The summed E-state index contributed by atoms with van der Waals surface area (Å²) in [5.74, 6) is 0.438. The van der Waals surface area contributed by atoms with E-state index in [2.05, 4.69) is 34.1 Å². The molecule has 2 nitrogen and oxygen atoms in total. The van der Waals surface area contributed by atoms with E-state index in [-0.39, 0.29) is 11.7 Å². The van der Waals surface area contributed by atoms with Crippen LogP contribution in [0.1, 0.15) is 39.8 Å². The Balaban J connectivity index is 1.50. The maximum absolute atomic E-state index is 14.7. The Morgan fingerprint density at radius 3 is 2.38 bits per heavy atom. The molecule has 0 N–H and O–H groups in total. The van der Waals surface area contributed by atoms with Crippen molar-refractivity contribution in [3.05, 3.63) is 135 Å². The van der Waals surface area contributed by atoms with E-state index in [1.807, 2.05) is 66.7 Å². The van der Waals surface area contributed by atoms with E-state index in [9.17, 15) is 4.39 Å². The minimum absolute atomic E-state index is 0.119. The first kappa shape index (κ1) is 20.9. The molecule has 2 atom stereocenters. The van der Waals surface area contributed by atoms with Crippen molar-refractivity contribution in [1.82, 2.24) is 0 Å². The predicted octanol–water partition coefficient (Wildman–Crippen LogP) is 7.57. The van der Waals surface area contributed by atoms with E-state index in [0.717, 1.165) is 32.5 Å². The summed E-state index contributed by atoms with van der Waals surface area (Å²) in [6.07, 6.45) is -0.402. The van der Waals surface area contributed by atoms with Crippen LogP contribution in [0.5, 0.6) is 5.75 Å². The molecule has 0 amide bonds. The summed E-state index contributed by atoms with van der Waals surface area (Å²) < 4.78 is 28.0. The number of benzene rings is 4. The minimum Gasteiger partial charge on any atom is -0.489 e. The van der Waals surface area contributed by atoms with Crippen LogP contribution in [0.25, 0.3) is 0 Å². The van der Waals surface area contributed by atoms with Gasteiger partial charge in [-0.2, -0.15) is 0 Å². The number of halogens is 2. The molecule has 1 aliphatic rings. The second kappa shape index (κ2) is 9.27. The molecule has 0 aromatic heterocycles. The molecule has 1 heterocycles. The average molecular weight is 489 g/mol. The average Bonchev–Trinajstić information content (AvgIpc) is 2.83. The van der Waals surface area contributed by atoms with Crippen LogP contribution < -0.4 is 4.74 Å². The van der Waals surface area contributed by atoms with E-state index < -0.39 is 6.10 Å². The van der Waals surface area contributed by atoms with Crippen LogP contribution in [0.4, 0.5) is 4.39 Å². The van der Waals surface area contributed by atoms with E-state index in [4.69, 9.17) is 9.47 Å². The summed E-state index contributed by atoms with van der Waals surface area (Å²) in [4.78, 5) is 0. The Morgan fingerprint density at radius 1 is 0.844 bits per heavy atom. The first-order valence-corrected chi connectivity index (χ1v) is 11.4. The fourth-order valence-electron chi connectivity index (χ4n) is 4.28. The maximum atomic E-state index is 14.7. The SMILES string of the molecule is Fc1ccccc1C1OCc2cc(OCc3ccccc3)ccc2C1c1ccc(Br)cc1. The fraction of sp³-hybridized carbons (Fsp3) is 0.143. The monoisotopic (exact) mass is 488 g/mol. The van der Waals surface area contributed by atoms with Crippen molar-refractivity contribution >= 4 is 15.9 Å². The van der Waals surface area contributed by atoms with Gasteiger partial charge in [0, 0.05) is 16.0 Å². The number of hydrogen-bond acceptors (Lipinski definition) is 2. The molecule has 32 heavy (non-hydrogen) atoms. The third-order valence-corrected chi connectivity index (χ3v) is 6.39. The normalized spacial score (nSPS) is 17.6. The standard InChI is InChI=1S/C28H22BrFO2/c29-22-12-10-20(11-13-22)27-24-15-14-23(31-17-19-6-2-1-3-7-19)16-21(24)18-32-28(27)25-8-4-5-9-26(25)30/h1-16,27-28H,17-18H2. The van der Waals surface area contributed by atoms with E-state index in [1.165, 1.54) is 6.07 Å². The molecule has 0 aliphatic carbocycles. The molecule has 160 valence electrons. The van der Waals surface area contributed by atoms with Crippen LogP contribution in [0, 0.1) is 5.82 Å². The highest BCUT2D eigenvalue weighted by Gasteiger charge is 2.34. The largest absolute Gasteiger partial charge is 0.489 e. The van der Waals surface area contributed by atoms with Crippen LogP contribution in [0.2, 0.25) is 0 Å². The molecule has 0 radical (unpaired) electrons. The molecule has 0 saturated heterocycles. The van der Waals surface area contributed by atoms with Gasteiger partial charge in [-0.3, -0.25) is 0 Å². The first-order chi connectivity index (χ1) is 15.7. The van der Waals surface area contributed by atoms with Crippen LogP contribution in [0.3, 0.4) is 0 Å². The number of rotatable bonds is 5. The molecule has 1 aliphatic heterocycles. The van der Waals surface area contributed by atoms with E-state index in [1.54, 1.807) is 6.07 Å². The molecular formula is C28H22BrFO2. The highest BCUT2D eigenvalue weighted by Crippen LogP contribution is 2.46. The molecule has 0 saturated carbocycles.